The van der Waals surface area contributed by atoms with Crippen LogP contribution in [-0.4, -0.2) is 19.9 Å². The molecular formula is C55H32N4O2. The van der Waals surface area contributed by atoms with Gasteiger partial charge in [-0.3, -0.25) is 4.98 Å². The summed E-state index contributed by atoms with van der Waals surface area (Å²) in [5, 5.41) is 6.28. The highest BCUT2D eigenvalue weighted by molar-refractivity contribution is 6.13. The van der Waals surface area contributed by atoms with Crippen LogP contribution in [-0.2, 0) is 0 Å². The maximum atomic E-state index is 6.38. The van der Waals surface area contributed by atoms with Crippen LogP contribution in [0.15, 0.2) is 197 Å². The lowest BCUT2D eigenvalue weighted by molar-refractivity contribution is 0.667. The van der Waals surface area contributed by atoms with Crippen molar-refractivity contribution in [3.8, 4) is 56.2 Å². The Balaban J connectivity index is 1.06. The third-order valence-electron chi connectivity index (χ3n) is 12.3. The highest BCUT2D eigenvalue weighted by Crippen LogP contribution is 2.52. The molecule has 0 fully saturated rings. The van der Waals surface area contributed by atoms with E-state index in [4.69, 9.17) is 23.8 Å². The number of benzene rings is 8. The van der Waals surface area contributed by atoms with Gasteiger partial charge in [-0.05, 0) is 85.6 Å². The summed E-state index contributed by atoms with van der Waals surface area (Å²) in [6, 6.07) is 61.7. The van der Waals surface area contributed by atoms with Crippen molar-refractivity contribution >= 4 is 54.6 Å². The number of furan rings is 2. The Morgan fingerprint density at radius 3 is 1.75 bits per heavy atom. The van der Waals surface area contributed by atoms with Crippen molar-refractivity contribution in [1.82, 2.24) is 19.9 Å². The van der Waals surface area contributed by atoms with Crippen LogP contribution in [0, 0.1) is 0 Å². The van der Waals surface area contributed by atoms with Gasteiger partial charge in [0.2, 0.25) is 0 Å². The van der Waals surface area contributed by atoms with Crippen LogP contribution in [0.3, 0.4) is 0 Å². The molecule has 1 atom stereocenters. The third kappa shape index (κ3) is 5.22. The molecule has 13 rings (SSSR count). The minimum atomic E-state index is -0.269. The van der Waals surface area contributed by atoms with Crippen LogP contribution in [0.1, 0.15) is 22.9 Å². The Bertz CT molecular complexity index is 3590. The number of pyridine rings is 1. The molecule has 0 amide bonds. The van der Waals surface area contributed by atoms with Gasteiger partial charge in [0.1, 0.15) is 22.6 Å². The van der Waals surface area contributed by atoms with Crippen molar-refractivity contribution in [3.63, 3.8) is 0 Å². The SMILES string of the molecule is c1ccc(-c2ccc(-c3ccc4c(c3)-c3c(ccc5ccccc35)C4c3nc(-c4cccc5oc6ccccc6c45)nc(-c4cccc5oc6cnccc6c45)n3)cc2)cc1. The highest BCUT2D eigenvalue weighted by atomic mass is 16.3. The van der Waals surface area contributed by atoms with Crippen molar-refractivity contribution in [2.45, 2.75) is 5.92 Å². The summed E-state index contributed by atoms with van der Waals surface area (Å²) in [7, 11) is 0. The van der Waals surface area contributed by atoms with Crippen LogP contribution >= 0.6 is 0 Å². The number of hydrogen-bond donors (Lipinski definition) is 0. The fourth-order valence-electron chi connectivity index (χ4n) is 9.55. The Hall–Kier alpha value is -8.22. The predicted octanol–water partition coefficient (Wildman–Crippen LogP) is 14.0. The topological polar surface area (TPSA) is 77.8 Å². The number of hydrogen-bond acceptors (Lipinski definition) is 6. The van der Waals surface area contributed by atoms with E-state index in [9.17, 15) is 0 Å². The normalized spacial score (nSPS) is 13.4. The number of nitrogens with zero attached hydrogens (tertiary/aromatic N) is 4. The number of aromatic nitrogens is 4. The molecule has 0 saturated carbocycles. The van der Waals surface area contributed by atoms with Crippen LogP contribution in [0.4, 0.5) is 0 Å². The molecule has 1 aliphatic carbocycles. The zero-order chi connectivity index (χ0) is 40.0. The molecule has 0 aliphatic heterocycles. The summed E-state index contributed by atoms with van der Waals surface area (Å²) >= 11 is 0. The highest BCUT2D eigenvalue weighted by Gasteiger charge is 2.35. The molecule has 0 radical (unpaired) electrons. The van der Waals surface area contributed by atoms with E-state index in [1.165, 1.54) is 38.6 Å². The summed E-state index contributed by atoms with van der Waals surface area (Å²) in [4.78, 5) is 20.6. The quantitative estimate of drug-likeness (QED) is 0.173. The fraction of sp³-hybridized carbons (Fsp3) is 0.0182. The minimum Gasteiger partial charge on any atom is -0.456 e. The lowest BCUT2D eigenvalue weighted by atomic mass is 9.93. The summed E-state index contributed by atoms with van der Waals surface area (Å²) < 4.78 is 12.7. The number of para-hydroxylation sites is 1. The fourth-order valence-corrected chi connectivity index (χ4v) is 9.55. The zero-order valence-electron chi connectivity index (χ0n) is 32.6. The first-order valence-electron chi connectivity index (χ1n) is 20.5. The van der Waals surface area contributed by atoms with Crippen LogP contribution in [0.2, 0.25) is 0 Å². The Morgan fingerprint density at radius 1 is 0.393 bits per heavy atom. The molecule has 6 heteroatoms. The second-order valence-corrected chi connectivity index (χ2v) is 15.7. The average molecular weight is 781 g/mol. The summed E-state index contributed by atoms with van der Waals surface area (Å²) in [5.41, 5.74) is 14.2. The molecule has 6 nitrogen and oxygen atoms in total. The first-order chi connectivity index (χ1) is 30.2. The van der Waals surface area contributed by atoms with E-state index in [1.807, 2.05) is 48.5 Å². The molecular weight excluding hydrogens is 749 g/mol. The molecule has 0 saturated heterocycles. The number of fused-ring (bicyclic) bond motifs is 11. The largest absolute Gasteiger partial charge is 0.456 e. The van der Waals surface area contributed by atoms with Crippen LogP contribution in [0.5, 0.6) is 0 Å². The minimum absolute atomic E-state index is 0.269. The van der Waals surface area contributed by atoms with Crippen LogP contribution < -0.4 is 0 Å². The smallest absolute Gasteiger partial charge is 0.164 e. The molecule has 4 aromatic heterocycles. The van der Waals surface area contributed by atoms with Crippen molar-refractivity contribution in [2.24, 2.45) is 0 Å². The van der Waals surface area contributed by atoms with Gasteiger partial charge in [-0.2, -0.15) is 0 Å². The van der Waals surface area contributed by atoms with E-state index < -0.39 is 0 Å². The van der Waals surface area contributed by atoms with Gasteiger partial charge in [0.05, 0.1) is 12.1 Å². The molecule has 4 heterocycles. The van der Waals surface area contributed by atoms with E-state index in [0.29, 0.717) is 23.1 Å². The van der Waals surface area contributed by atoms with Crippen molar-refractivity contribution in [1.29, 1.82) is 0 Å². The maximum Gasteiger partial charge on any atom is 0.164 e. The first-order valence-corrected chi connectivity index (χ1v) is 20.5. The van der Waals surface area contributed by atoms with Gasteiger partial charge >= 0.3 is 0 Å². The van der Waals surface area contributed by atoms with Crippen molar-refractivity contribution in [2.75, 3.05) is 0 Å². The van der Waals surface area contributed by atoms with Gasteiger partial charge < -0.3 is 8.83 Å². The summed E-state index contributed by atoms with van der Waals surface area (Å²) in [6.45, 7) is 0. The monoisotopic (exact) mass is 780 g/mol. The molecule has 1 aliphatic rings. The van der Waals surface area contributed by atoms with E-state index in [2.05, 4.69) is 132 Å². The van der Waals surface area contributed by atoms with Crippen molar-refractivity contribution in [3.05, 3.63) is 205 Å². The Kier molecular flexibility index (Phi) is 7.27. The van der Waals surface area contributed by atoms with E-state index >= 15 is 0 Å². The molecule has 12 aromatic rings. The van der Waals surface area contributed by atoms with Gasteiger partial charge in [0.25, 0.3) is 0 Å². The number of rotatable bonds is 5. The van der Waals surface area contributed by atoms with E-state index in [-0.39, 0.29) is 5.92 Å². The van der Waals surface area contributed by atoms with Gasteiger partial charge in [-0.1, -0.05) is 146 Å². The van der Waals surface area contributed by atoms with Crippen LogP contribution in [0.25, 0.3) is 111 Å². The molecule has 1 unspecified atom stereocenters. The zero-order valence-corrected chi connectivity index (χ0v) is 32.6. The Morgan fingerprint density at radius 2 is 0.984 bits per heavy atom. The maximum absolute atomic E-state index is 6.38. The molecule has 0 spiro atoms. The molecule has 0 bridgehead atoms. The average Bonchev–Trinajstić information content (AvgIpc) is 4.01. The molecule has 284 valence electrons. The molecule has 8 aromatic carbocycles. The lowest BCUT2D eigenvalue weighted by Crippen LogP contribution is -2.09. The van der Waals surface area contributed by atoms with Gasteiger partial charge in [-0.15, -0.1) is 0 Å². The van der Waals surface area contributed by atoms with Gasteiger partial charge in [-0.25, -0.2) is 15.0 Å². The third-order valence-corrected chi connectivity index (χ3v) is 12.3. The van der Waals surface area contributed by atoms with Gasteiger partial charge in [0, 0.05) is 38.9 Å². The second-order valence-electron chi connectivity index (χ2n) is 15.7. The second kappa shape index (κ2) is 13.1. The predicted molar refractivity (Wildman–Crippen MR) is 244 cm³/mol. The standard InChI is InChI=1S/C55H32N4O2/c1-2-10-32(11-3-1)33-20-22-34(23-21-33)36-25-26-38-44(30-36)49-37-13-5-4-12-35(37)24-27-41(49)52(38)55-58-53(42-15-8-18-46-50(42)39-14-6-7-17-45(39)60-46)57-54(59-55)43-16-9-19-47-51(43)40-28-29-56-31-48(40)61-47/h1-31,52H. The first kappa shape index (κ1) is 33.7. The molecule has 61 heavy (non-hydrogen) atoms. The lowest BCUT2D eigenvalue weighted by Gasteiger charge is -2.16. The van der Waals surface area contributed by atoms with E-state index in [0.717, 1.165) is 66.1 Å². The summed E-state index contributed by atoms with van der Waals surface area (Å²) in [6.07, 6.45) is 3.56. The van der Waals surface area contributed by atoms with Gasteiger partial charge in [0.15, 0.2) is 17.2 Å². The molecule has 0 N–H and O–H groups in total. The summed E-state index contributed by atoms with van der Waals surface area (Å²) in [5.74, 6) is 1.55. The van der Waals surface area contributed by atoms with Crippen molar-refractivity contribution < 1.29 is 8.83 Å². The Labute approximate surface area is 349 Å². The van der Waals surface area contributed by atoms with E-state index in [1.54, 1.807) is 12.4 Å².